The Morgan fingerprint density at radius 2 is 1.12 bits per heavy atom. The molecule has 3 rings (SSSR count). The van der Waals surface area contributed by atoms with Crippen molar-refractivity contribution in [3.05, 3.63) is 71.8 Å². The third-order valence-corrected chi connectivity index (χ3v) is 4.89. The fourth-order valence-electron chi connectivity index (χ4n) is 3.21. The number of amides is 2. The van der Waals surface area contributed by atoms with E-state index in [0.717, 1.165) is 22.5 Å². The number of carbonyl (C=O) groups excluding carboxylic acids is 2. The predicted molar refractivity (Wildman–Crippen MR) is 135 cm³/mol. The van der Waals surface area contributed by atoms with Crippen LogP contribution in [0.25, 0.3) is 0 Å². The van der Waals surface area contributed by atoms with Crippen molar-refractivity contribution in [1.82, 2.24) is 0 Å². The molecule has 8 heteroatoms. The minimum absolute atomic E-state index is 0.120. The normalized spacial score (nSPS) is 11.4. The third kappa shape index (κ3) is 6.90. The maximum atomic E-state index is 11.2. The highest BCUT2D eigenvalue weighted by Crippen LogP contribution is 2.35. The topological polar surface area (TPSA) is 108 Å². The lowest BCUT2D eigenvalue weighted by atomic mass is 9.98. The standard InChI is InChI=1S/C26H28N6O2/c1-16(2)24-15-25(31-29-22-10-6-20(7-11-22)27-18(4)33)17(3)14-26(24)32-30-23-12-8-21(9-13-23)28-19(5)34/h6-16H,1-5H3,(H,27,33)(H,28,34). The second-order valence-electron chi connectivity index (χ2n) is 8.21. The number of nitrogens with one attached hydrogen (secondary N) is 2. The van der Waals surface area contributed by atoms with Gasteiger partial charge in [0.1, 0.15) is 0 Å². The quantitative estimate of drug-likeness (QED) is 0.353. The van der Waals surface area contributed by atoms with E-state index >= 15 is 0 Å². The molecule has 2 N–H and O–H groups in total. The number of carbonyl (C=O) groups is 2. The molecule has 0 saturated heterocycles. The SMILES string of the molecule is CC(=O)Nc1ccc(N=Nc2cc(C(C)C)c(N=Nc3ccc(NC(C)=O)cc3)cc2C)cc1. The van der Waals surface area contributed by atoms with Crippen molar-refractivity contribution in [3.8, 4) is 0 Å². The van der Waals surface area contributed by atoms with Crippen LogP contribution in [0.3, 0.4) is 0 Å². The van der Waals surface area contributed by atoms with Crippen molar-refractivity contribution in [2.75, 3.05) is 10.6 Å². The minimum atomic E-state index is -0.120. The Kier molecular flexibility index (Phi) is 7.97. The summed E-state index contributed by atoms with van der Waals surface area (Å²) in [5.41, 5.74) is 6.27. The summed E-state index contributed by atoms with van der Waals surface area (Å²) in [6.07, 6.45) is 0. The molecule has 2 amide bonds. The zero-order chi connectivity index (χ0) is 24.7. The lowest BCUT2D eigenvalue weighted by molar-refractivity contribution is -0.115. The first-order chi connectivity index (χ1) is 16.2. The van der Waals surface area contributed by atoms with Gasteiger partial charge in [0.05, 0.1) is 22.7 Å². The van der Waals surface area contributed by atoms with E-state index in [1.807, 2.05) is 19.1 Å². The lowest BCUT2D eigenvalue weighted by Crippen LogP contribution is -2.04. The third-order valence-electron chi connectivity index (χ3n) is 4.89. The van der Waals surface area contributed by atoms with Gasteiger partial charge in [0.25, 0.3) is 0 Å². The molecule has 0 atom stereocenters. The number of hydrogen-bond acceptors (Lipinski definition) is 6. The molecule has 0 radical (unpaired) electrons. The molecule has 3 aromatic carbocycles. The van der Waals surface area contributed by atoms with Crippen LogP contribution in [-0.4, -0.2) is 11.8 Å². The van der Waals surface area contributed by atoms with E-state index in [0.29, 0.717) is 22.7 Å². The van der Waals surface area contributed by atoms with Crippen molar-refractivity contribution in [3.63, 3.8) is 0 Å². The Bertz CT molecular complexity index is 1230. The molecule has 0 aromatic heterocycles. The molecule has 34 heavy (non-hydrogen) atoms. The molecule has 0 fully saturated rings. The molecule has 0 bridgehead atoms. The van der Waals surface area contributed by atoms with Gasteiger partial charge >= 0.3 is 0 Å². The highest BCUT2D eigenvalue weighted by Gasteiger charge is 2.11. The number of hydrogen-bond donors (Lipinski definition) is 2. The lowest BCUT2D eigenvalue weighted by Gasteiger charge is -2.11. The fourth-order valence-corrected chi connectivity index (χ4v) is 3.21. The van der Waals surface area contributed by atoms with Crippen molar-refractivity contribution in [1.29, 1.82) is 0 Å². The number of azo groups is 2. The molecule has 0 spiro atoms. The summed E-state index contributed by atoms with van der Waals surface area (Å²) in [5, 5.41) is 23.1. The summed E-state index contributed by atoms with van der Waals surface area (Å²) in [6.45, 7) is 9.08. The van der Waals surface area contributed by atoms with E-state index in [9.17, 15) is 9.59 Å². The van der Waals surface area contributed by atoms with Crippen LogP contribution in [0.5, 0.6) is 0 Å². The van der Waals surface area contributed by atoms with Crippen LogP contribution < -0.4 is 10.6 Å². The molecule has 174 valence electrons. The fraction of sp³-hybridized carbons (Fsp3) is 0.231. The Labute approximate surface area is 199 Å². The maximum Gasteiger partial charge on any atom is 0.221 e. The van der Waals surface area contributed by atoms with Crippen molar-refractivity contribution >= 4 is 45.9 Å². The minimum Gasteiger partial charge on any atom is -0.326 e. The van der Waals surface area contributed by atoms with Gasteiger partial charge < -0.3 is 10.6 Å². The van der Waals surface area contributed by atoms with Gasteiger partial charge in [-0.05, 0) is 84.6 Å². The summed E-state index contributed by atoms with van der Waals surface area (Å²) >= 11 is 0. The van der Waals surface area contributed by atoms with Gasteiger partial charge in [-0.25, -0.2) is 0 Å². The molecular weight excluding hydrogens is 428 g/mol. The monoisotopic (exact) mass is 456 g/mol. The molecule has 0 heterocycles. The highest BCUT2D eigenvalue weighted by atomic mass is 16.2. The molecule has 3 aromatic rings. The Morgan fingerprint density at radius 1 is 0.676 bits per heavy atom. The van der Waals surface area contributed by atoms with E-state index in [1.54, 1.807) is 48.5 Å². The molecule has 8 nitrogen and oxygen atoms in total. The summed E-state index contributed by atoms with van der Waals surface area (Å²) in [6, 6.07) is 18.3. The first-order valence-corrected chi connectivity index (χ1v) is 10.9. The Hall–Kier alpha value is -4.20. The number of benzene rings is 3. The van der Waals surface area contributed by atoms with Gasteiger partial charge in [0, 0.05) is 25.2 Å². The van der Waals surface area contributed by atoms with Crippen LogP contribution in [-0.2, 0) is 9.59 Å². The first-order valence-electron chi connectivity index (χ1n) is 10.9. The van der Waals surface area contributed by atoms with Gasteiger partial charge in [-0.15, -0.1) is 0 Å². The molecule has 0 saturated carbocycles. The van der Waals surface area contributed by atoms with Gasteiger partial charge in [-0.3, -0.25) is 9.59 Å². The zero-order valence-electron chi connectivity index (χ0n) is 20.0. The van der Waals surface area contributed by atoms with Crippen molar-refractivity contribution < 1.29 is 9.59 Å². The van der Waals surface area contributed by atoms with Crippen LogP contribution in [0.2, 0.25) is 0 Å². The molecule has 0 unspecified atom stereocenters. The Balaban J connectivity index is 1.81. The second kappa shape index (κ2) is 11.1. The van der Waals surface area contributed by atoms with Crippen LogP contribution in [0.4, 0.5) is 34.1 Å². The second-order valence-corrected chi connectivity index (χ2v) is 8.21. The zero-order valence-corrected chi connectivity index (χ0v) is 20.0. The van der Waals surface area contributed by atoms with Crippen molar-refractivity contribution in [2.45, 2.75) is 40.5 Å². The molecular formula is C26H28N6O2. The van der Waals surface area contributed by atoms with Crippen molar-refractivity contribution in [2.24, 2.45) is 20.5 Å². The number of nitrogens with zero attached hydrogens (tertiary/aromatic N) is 4. The van der Waals surface area contributed by atoms with E-state index in [1.165, 1.54) is 13.8 Å². The maximum absolute atomic E-state index is 11.2. The van der Waals surface area contributed by atoms with Crippen LogP contribution in [0, 0.1) is 6.92 Å². The summed E-state index contributed by atoms with van der Waals surface area (Å²) in [5.74, 6) is -0.0290. The van der Waals surface area contributed by atoms with Gasteiger partial charge in [-0.1, -0.05) is 13.8 Å². The smallest absolute Gasteiger partial charge is 0.221 e. The largest absolute Gasteiger partial charge is 0.326 e. The van der Waals surface area contributed by atoms with E-state index < -0.39 is 0 Å². The highest BCUT2D eigenvalue weighted by molar-refractivity contribution is 5.89. The van der Waals surface area contributed by atoms with Gasteiger partial charge in [-0.2, -0.15) is 20.5 Å². The van der Waals surface area contributed by atoms with Crippen LogP contribution in [0.15, 0.2) is 81.1 Å². The van der Waals surface area contributed by atoms with E-state index in [4.69, 9.17) is 0 Å². The van der Waals surface area contributed by atoms with E-state index in [2.05, 4.69) is 44.9 Å². The summed E-state index contributed by atoms with van der Waals surface area (Å²) in [7, 11) is 0. The van der Waals surface area contributed by atoms with Crippen LogP contribution >= 0.6 is 0 Å². The number of anilines is 2. The molecule has 0 aliphatic heterocycles. The average molecular weight is 457 g/mol. The molecule has 0 aliphatic rings. The number of aryl methyl sites for hydroxylation is 1. The summed E-state index contributed by atoms with van der Waals surface area (Å²) in [4.78, 5) is 22.3. The van der Waals surface area contributed by atoms with E-state index in [-0.39, 0.29) is 17.7 Å². The molecule has 0 aliphatic carbocycles. The van der Waals surface area contributed by atoms with Crippen LogP contribution in [0.1, 0.15) is 44.7 Å². The van der Waals surface area contributed by atoms with Gasteiger partial charge in [0.2, 0.25) is 11.8 Å². The predicted octanol–water partition coefficient (Wildman–Crippen LogP) is 7.87. The Morgan fingerprint density at radius 3 is 1.53 bits per heavy atom. The first kappa shape index (κ1) is 24.4. The van der Waals surface area contributed by atoms with Gasteiger partial charge in [0.15, 0.2) is 0 Å². The summed E-state index contributed by atoms with van der Waals surface area (Å²) < 4.78 is 0. The number of rotatable bonds is 7. The average Bonchev–Trinajstić information content (AvgIpc) is 2.78.